The molecule has 0 bridgehead atoms. The van der Waals surface area contributed by atoms with Crippen LogP contribution < -0.4 is 5.73 Å². The third-order valence-electron chi connectivity index (χ3n) is 1.25. The second kappa shape index (κ2) is 3.39. The van der Waals surface area contributed by atoms with Crippen LogP contribution in [0.3, 0.4) is 0 Å². The summed E-state index contributed by atoms with van der Waals surface area (Å²) in [5.41, 5.74) is 5.73. The molecule has 1 aromatic carbocycles. The Morgan fingerprint density at radius 2 is 2.27 bits per heavy atom. The van der Waals surface area contributed by atoms with Crippen LogP contribution in [-0.2, 0) is 0 Å². The predicted octanol–water partition coefficient (Wildman–Crippen LogP) is 2.32. The second-order valence-electron chi connectivity index (χ2n) is 2.02. The van der Waals surface area contributed by atoms with E-state index in [0.717, 1.165) is 0 Å². The average Bonchev–Trinajstić information content (AvgIpc) is 2.03. The molecule has 0 aromatic heterocycles. The van der Waals surface area contributed by atoms with Crippen molar-refractivity contribution in [3.8, 4) is 0 Å². The first-order valence-electron chi connectivity index (χ1n) is 3.07. The maximum atomic E-state index is 12.5. The van der Waals surface area contributed by atoms with Gasteiger partial charge in [-0.3, -0.25) is 0 Å². The Bertz CT molecular complexity index is 283. The SMILES string of the molecule is N/C=C(\Cl)c1cccc(F)c1. The van der Waals surface area contributed by atoms with Gasteiger partial charge in [0.2, 0.25) is 0 Å². The monoisotopic (exact) mass is 171 g/mol. The van der Waals surface area contributed by atoms with E-state index in [0.29, 0.717) is 10.6 Å². The maximum Gasteiger partial charge on any atom is 0.123 e. The van der Waals surface area contributed by atoms with E-state index < -0.39 is 0 Å². The van der Waals surface area contributed by atoms with Crippen LogP contribution in [0.25, 0.3) is 5.03 Å². The molecule has 0 saturated carbocycles. The van der Waals surface area contributed by atoms with Crippen molar-refractivity contribution in [2.24, 2.45) is 5.73 Å². The fourth-order valence-corrected chi connectivity index (χ4v) is 0.851. The van der Waals surface area contributed by atoms with E-state index in [1.807, 2.05) is 0 Å². The average molecular weight is 172 g/mol. The van der Waals surface area contributed by atoms with Gasteiger partial charge in [0, 0.05) is 6.20 Å². The lowest BCUT2D eigenvalue weighted by molar-refractivity contribution is 0.627. The maximum absolute atomic E-state index is 12.5. The summed E-state index contributed by atoms with van der Waals surface area (Å²) in [6.07, 6.45) is 1.23. The van der Waals surface area contributed by atoms with E-state index in [2.05, 4.69) is 0 Å². The minimum absolute atomic E-state index is 0.317. The second-order valence-corrected chi connectivity index (χ2v) is 2.43. The van der Waals surface area contributed by atoms with E-state index in [9.17, 15) is 4.39 Å². The van der Waals surface area contributed by atoms with Crippen molar-refractivity contribution >= 4 is 16.6 Å². The normalized spacial score (nSPS) is 11.6. The van der Waals surface area contributed by atoms with Gasteiger partial charge in [-0.25, -0.2) is 4.39 Å². The molecule has 3 heteroatoms. The lowest BCUT2D eigenvalue weighted by Gasteiger charge is -1.96. The van der Waals surface area contributed by atoms with Crippen molar-refractivity contribution in [3.63, 3.8) is 0 Å². The standard InChI is InChI=1S/C8H7ClFN/c9-8(5-11)6-2-1-3-7(10)4-6/h1-5H,11H2/b8-5-. The van der Waals surface area contributed by atoms with Crippen LogP contribution in [-0.4, -0.2) is 0 Å². The highest BCUT2D eigenvalue weighted by molar-refractivity contribution is 6.48. The molecule has 0 unspecified atom stereocenters. The molecule has 0 heterocycles. The number of benzene rings is 1. The third-order valence-corrected chi connectivity index (χ3v) is 1.59. The van der Waals surface area contributed by atoms with Crippen molar-refractivity contribution in [1.82, 2.24) is 0 Å². The lowest BCUT2D eigenvalue weighted by atomic mass is 10.2. The molecule has 0 spiro atoms. The summed E-state index contributed by atoms with van der Waals surface area (Å²) < 4.78 is 12.5. The Labute approximate surface area is 69.3 Å². The van der Waals surface area contributed by atoms with Gasteiger partial charge >= 0.3 is 0 Å². The zero-order chi connectivity index (χ0) is 8.27. The van der Waals surface area contributed by atoms with E-state index in [4.69, 9.17) is 17.3 Å². The zero-order valence-electron chi connectivity index (χ0n) is 5.72. The van der Waals surface area contributed by atoms with Gasteiger partial charge in [-0.2, -0.15) is 0 Å². The summed E-state index contributed by atoms with van der Waals surface area (Å²) in [7, 11) is 0. The molecule has 0 aliphatic carbocycles. The molecule has 0 aliphatic heterocycles. The van der Waals surface area contributed by atoms with Gasteiger partial charge in [0.05, 0.1) is 5.03 Å². The Kier molecular flexibility index (Phi) is 2.49. The molecular formula is C8H7ClFN. The molecule has 58 valence electrons. The Hall–Kier alpha value is -1.02. The minimum Gasteiger partial charge on any atom is -0.403 e. The molecule has 0 amide bonds. The summed E-state index contributed by atoms with van der Waals surface area (Å²) in [6.45, 7) is 0. The third kappa shape index (κ3) is 1.95. The van der Waals surface area contributed by atoms with Crippen molar-refractivity contribution < 1.29 is 4.39 Å². The number of nitrogens with two attached hydrogens (primary N) is 1. The Morgan fingerprint density at radius 1 is 1.55 bits per heavy atom. The Balaban J connectivity index is 3.06. The highest BCUT2D eigenvalue weighted by Gasteiger charge is 1.97. The van der Waals surface area contributed by atoms with Gasteiger partial charge in [0.1, 0.15) is 5.82 Å². The summed E-state index contributed by atoms with van der Waals surface area (Å²) in [5, 5.41) is 0.351. The smallest absolute Gasteiger partial charge is 0.123 e. The van der Waals surface area contributed by atoms with Crippen LogP contribution in [0.1, 0.15) is 5.56 Å². The van der Waals surface area contributed by atoms with Gasteiger partial charge in [0.25, 0.3) is 0 Å². The summed E-state index contributed by atoms with van der Waals surface area (Å²) >= 11 is 5.63. The first kappa shape index (κ1) is 8.08. The Morgan fingerprint density at radius 3 is 2.82 bits per heavy atom. The highest BCUT2D eigenvalue weighted by Crippen LogP contribution is 2.17. The fraction of sp³-hybridized carbons (Fsp3) is 0. The number of halogens is 2. The van der Waals surface area contributed by atoms with E-state index in [1.165, 1.54) is 18.3 Å². The van der Waals surface area contributed by atoms with Gasteiger partial charge in [-0.15, -0.1) is 0 Å². The molecule has 0 radical (unpaired) electrons. The summed E-state index contributed by atoms with van der Waals surface area (Å²) in [6, 6.07) is 5.95. The van der Waals surface area contributed by atoms with Crippen molar-refractivity contribution in [1.29, 1.82) is 0 Å². The van der Waals surface area contributed by atoms with Crippen LogP contribution in [0, 0.1) is 5.82 Å². The van der Waals surface area contributed by atoms with Crippen LogP contribution in [0.15, 0.2) is 30.5 Å². The van der Waals surface area contributed by atoms with Crippen LogP contribution in [0.4, 0.5) is 4.39 Å². The quantitative estimate of drug-likeness (QED) is 0.690. The van der Waals surface area contributed by atoms with E-state index in [1.54, 1.807) is 12.1 Å². The van der Waals surface area contributed by atoms with Crippen molar-refractivity contribution in [3.05, 3.63) is 41.8 Å². The molecule has 1 aromatic rings. The highest BCUT2D eigenvalue weighted by atomic mass is 35.5. The summed E-state index contributed by atoms with van der Waals surface area (Å²) in [5.74, 6) is -0.317. The number of rotatable bonds is 1. The minimum atomic E-state index is -0.317. The molecule has 0 saturated heterocycles. The number of hydrogen-bond donors (Lipinski definition) is 1. The van der Waals surface area contributed by atoms with E-state index >= 15 is 0 Å². The van der Waals surface area contributed by atoms with Crippen LogP contribution in [0.2, 0.25) is 0 Å². The van der Waals surface area contributed by atoms with Crippen molar-refractivity contribution in [2.45, 2.75) is 0 Å². The number of hydrogen-bond acceptors (Lipinski definition) is 1. The molecule has 11 heavy (non-hydrogen) atoms. The molecular weight excluding hydrogens is 165 g/mol. The topological polar surface area (TPSA) is 26.0 Å². The zero-order valence-corrected chi connectivity index (χ0v) is 6.48. The molecule has 1 rings (SSSR count). The molecule has 1 nitrogen and oxygen atoms in total. The van der Waals surface area contributed by atoms with Crippen LogP contribution >= 0.6 is 11.6 Å². The fourth-order valence-electron chi connectivity index (χ4n) is 0.733. The molecule has 0 aliphatic rings. The van der Waals surface area contributed by atoms with Crippen molar-refractivity contribution in [2.75, 3.05) is 0 Å². The molecule has 0 fully saturated rings. The predicted molar refractivity (Wildman–Crippen MR) is 44.4 cm³/mol. The van der Waals surface area contributed by atoms with Crippen LogP contribution in [0.5, 0.6) is 0 Å². The first-order valence-corrected chi connectivity index (χ1v) is 3.45. The van der Waals surface area contributed by atoms with Gasteiger partial charge < -0.3 is 5.73 Å². The molecule has 0 atom stereocenters. The molecule has 2 N–H and O–H groups in total. The van der Waals surface area contributed by atoms with Gasteiger partial charge in [-0.05, 0) is 17.7 Å². The van der Waals surface area contributed by atoms with Gasteiger partial charge in [0.15, 0.2) is 0 Å². The van der Waals surface area contributed by atoms with Gasteiger partial charge in [-0.1, -0.05) is 23.7 Å². The lowest BCUT2D eigenvalue weighted by Crippen LogP contribution is -1.84. The first-order chi connectivity index (χ1) is 5.24. The largest absolute Gasteiger partial charge is 0.403 e. The summed E-state index contributed by atoms with van der Waals surface area (Å²) in [4.78, 5) is 0. The van der Waals surface area contributed by atoms with E-state index in [-0.39, 0.29) is 5.82 Å².